The standard InChI is InChI=1S/C52H63N6O11P/c1-33(2)29-42(46(59)53-43(48(61)57(4)5)30-35-17-8-6-9-18-35)54-50(63)52(26-27-52)56-47(60)44-25-16-28-58(44)49(62)45(34(3)69-70(65,66)68-31-36-19-10-7-11-20-36)55-51(64)67-32-41-39-23-14-12-21-37(39)38-22-13-15-24-40(38)41/h6-15,17-24,33-34,41-45H,16,25-32H2,1-5H3,(H,53,59)(H,54,63)(H,55,64)(H,56,60)(H,65,66)/t34-,42+,43-,44-,45+/m1/s1. The zero-order chi connectivity index (χ0) is 50.2. The Bertz CT molecular complexity index is 2530. The van der Waals surface area contributed by atoms with E-state index in [2.05, 4.69) is 21.3 Å². The molecular formula is C52H63N6O11P. The fraction of sp³-hybridized carbons (Fsp3) is 0.423. The number of ether oxygens (including phenoxy) is 1. The van der Waals surface area contributed by atoms with Gasteiger partial charge in [0, 0.05) is 33.0 Å². The van der Waals surface area contributed by atoms with E-state index in [-0.39, 0.29) is 69.6 Å². The average molecular weight is 979 g/mol. The van der Waals surface area contributed by atoms with E-state index >= 15 is 0 Å². The topological polar surface area (TPSA) is 222 Å². The number of likely N-dealkylation sites (N-methyl/N-ethyl adjacent to an activating group) is 1. The minimum Gasteiger partial charge on any atom is -0.449 e. The number of amides is 6. The van der Waals surface area contributed by atoms with Crippen LogP contribution in [-0.4, -0.2) is 113 Å². The highest BCUT2D eigenvalue weighted by Gasteiger charge is 2.54. The van der Waals surface area contributed by atoms with Crippen molar-refractivity contribution in [1.82, 2.24) is 31.1 Å². The zero-order valence-corrected chi connectivity index (χ0v) is 41.1. The maximum Gasteiger partial charge on any atom is 0.472 e. The van der Waals surface area contributed by atoms with Crippen LogP contribution in [0.15, 0.2) is 109 Å². The Morgan fingerprint density at radius 2 is 1.37 bits per heavy atom. The summed E-state index contributed by atoms with van der Waals surface area (Å²) in [5, 5.41) is 11.1. The van der Waals surface area contributed by atoms with Crippen LogP contribution in [-0.2, 0) is 55.3 Å². The van der Waals surface area contributed by atoms with Crippen LogP contribution in [0.2, 0.25) is 0 Å². The number of fused-ring (bicyclic) bond motifs is 3. The first-order valence-electron chi connectivity index (χ1n) is 23.8. The molecule has 4 aromatic carbocycles. The Morgan fingerprint density at radius 3 is 1.96 bits per heavy atom. The second-order valence-corrected chi connectivity index (χ2v) is 20.3. The van der Waals surface area contributed by atoms with E-state index in [4.69, 9.17) is 13.8 Å². The maximum absolute atomic E-state index is 14.7. The number of alkyl carbamates (subject to hydrolysis) is 1. The lowest BCUT2D eigenvalue weighted by Crippen LogP contribution is -2.61. The molecule has 6 amide bonds. The Balaban J connectivity index is 1.04. The molecule has 1 unspecified atom stereocenters. The summed E-state index contributed by atoms with van der Waals surface area (Å²) in [7, 11) is -1.65. The fourth-order valence-corrected chi connectivity index (χ4v) is 10.1. The minimum atomic E-state index is -4.85. The summed E-state index contributed by atoms with van der Waals surface area (Å²) in [6.45, 7) is 4.85. The number of carbonyl (C=O) groups is 6. The molecule has 4 aromatic rings. The van der Waals surface area contributed by atoms with Gasteiger partial charge in [-0.1, -0.05) is 123 Å². The maximum atomic E-state index is 14.7. The molecule has 0 aromatic heterocycles. The van der Waals surface area contributed by atoms with Crippen molar-refractivity contribution in [2.75, 3.05) is 27.2 Å². The van der Waals surface area contributed by atoms with E-state index in [1.54, 1.807) is 44.4 Å². The first-order valence-corrected chi connectivity index (χ1v) is 25.2. The molecule has 3 aliphatic rings. The van der Waals surface area contributed by atoms with Crippen molar-refractivity contribution in [2.24, 2.45) is 5.92 Å². The van der Waals surface area contributed by atoms with Crippen LogP contribution in [0.1, 0.15) is 81.0 Å². The van der Waals surface area contributed by atoms with E-state index in [9.17, 15) is 38.2 Å². The van der Waals surface area contributed by atoms with Gasteiger partial charge in [0.15, 0.2) is 0 Å². The van der Waals surface area contributed by atoms with Crippen molar-refractivity contribution in [2.45, 2.75) is 108 Å². The van der Waals surface area contributed by atoms with Gasteiger partial charge in [-0.3, -0.25) is 33.0 Å². The summed E-state index contributed by atoms with van der Waals surface area (Å²) in [5.74, 6) is -3.20. The van der Waals surface area contributed by atoms with Crippen LogP contribution >= 0.6 is 7.82 Å². The van der Waals surface area contributed by atoms with E-state index < -0.39 is 73.4 Å². The van der Waals surface area contributed by atoms with Crippen molar-refractivity contribution in [3.8, 4) is 11.1 Å². The third-order valence-electron chi connectivity index (χ3n) is 12.9. The van der Waals surface area contributed by atoms with Crippen LogP contribution in [0, 0.1) is 5.92 Å². The summed E-state index contributed by atoms with van der Waals surface area (Å²) >= 11 is 0. The summed E-state index contributed by atoms with van der Waals surface area (Å²) in [4.78, 5) is 97.4. The number of nitrogens with one attached hydrogen (secondary N) is 4. The van der Waals surface area contributed by atoms with Crippen LogP contribution in [0.4, 0.5) is 4.79 Å². The molecule has 18 heteroatoms. The molecular weight excluding hydrogens is 916 g/mol. The van der Waals surface area contributed by atoms with Gasteiger partial charge < -0.3 is 40.7 Å². The lowest BCUT2D eigenvalue weighted by atomic mass is 9.98. The molecule has 1 aliphatic heterocycles. The van der Waals surface area contributed by atoms with Crippen LogP contribution in [0.25, 0.3) is 11.1 Å². The Labute approximate surface area is 408 Å². The highest BCUT2D eigenvalue weighted by Crippen LogP contribution is 2.47. The van der Waals surface area contributed by atoms with Gasteiger partial charge in [-0.05, 0) is 78.3 Å². The SMILES string of the molecule is CC(C)C[C@H](NC(=O)C1(NC(=O)[C@H]2CCCN2C(=O)[C@@H](NC(=O)OCC2c3ccccc3-c3ccccc32)[C@@H](C)OP(=O)(O)OCc2ccccc2)CC1)C(=O)N[C@H](Cc1ccccc1)C(=O)N(C)C. The first-order chi connectivity index (χ1) is 33.4. The lowest BCUT2D eigenvalue weighted by molar-refractivity contribution is -0.142. The normalized spacial score (nSPS) is 18.2. The summed E-state index contributed by atoms with van der Waals surface area (Å²) < 4.78 is 29.9. The lowest BCUT2D eigenvalue weighted by Gasteiger charge is -2.32. The average Bonchev–Trinajstić information content (AvgIpc) is 3.82. The van der Waals surface area contributed by atoms with Crippen molar-refractivity contribution < 1.29 is 52.0 Å². The highest BCUT2D eigenvalue weighted by atomic mass is 31.2. The van der Waals surface area contributed by atoms with Crippen LogP contribution in [0.3, 0.4) is 0 Å². The van der Waals surface area contributed by atoms with Gasteiger partial charge in [-0.2, -0.15) is 0 Å². The van der Waals surface area contributed by atoms with E-state index in [1.807, 2.05) is 92.7 Å². The fourth-order valence-electron chi connectivity index (χ4n) is 9.15. The van der Waals surface area contributed by atoms with E-state index in [1.165, 1.54) is 16.7 Å². The molecule has 2 fully saturated rings. The summed E-state index contributed by atoms with van der Waals surface area (Å²) in [6, 6.07) is 28.8. The number of phosphoric acid groups is 1. The molecule has 5 N–H and O–H groups in total. The number of hydrogen-bond acceptors (Lipinski definition) is 10. The molecule has 1 saturated carbocycles. The molecule has 0 radical (unpaired) electrons. The van der Waals surface area contributed by atoms with Gasteiger partial charge in [0.2, 0.25) is 29.5 Å². The Morgan fingerprint density at radius 1 is 0.786 bits per heavy atom. The van der Waals surface area contributed by atoms with E-state index in [0.717, 1.165) is 27.8 Å². The van der Waals surface area contributed by atoms with E-state index in [0.29, 0.717) is 12.0 Å². The molecule has 0 spiro atoms. The van der Waals surface area contributed by atoms with Crippen molar-refractivity contribution in [3.63, 3.8) is 0 Å². The Kier molecular flexibility index (Phi) is 16.6. The first kappa shape index (κ1) is 51.5. The second kappa shape index (κ2) is 22.6. The third kappa shape index (κ3) is 12.7. The minimum absolute atomic E-state index is 0.0347. The number of benzene rings is 4. The molecule has 0 bridgehead atoms. The summed E-state index contributed by atoms with van der Waals surface area (Å²) in [5.41, 5.74) is 4.02. The summed E-state index contributed by atoms with van der Waals surface area (Å²) in [6.07, 6.45) is -0.865. The molecule has 1 heterocycles. The van der Waals surface area contributed by atoms with Gasteiger partial charge in [0.1, 0.15) is 36.3 Å². The highest BCUT2D eigenvalue weighted by molar-refractivity contribution is 7.47. The van der Waals surface area contributed by atoms with Crippen LogP contribution in [0.5, 0.6) is 0 Å². The molecule has 7 rings (SSSR count). The number of nitrogens with zero attached hydrogens (tertiary/aromatic N) is 2. The third-order valence-corrected chi connectivity index (χ3v) is 14.0. The van der Waals surface area contributed by atoms with Gasteiger partial charge in [-0.25, -0.2) is 9.36 Å². The smallest absolute Gasteiger partial charge is 0.449 e. The quantitative estimate of drug-likeness (QED) is 0.0647. The number of likely N-dealkylation sites (tertiary alicyclic amines) is 1. The number of hydrogen-bond donors (Lipinski definition) is 5. The largest absolute Gasteiger partial charge is 0.472 e. The monoisotopic (exact) mass is 978 g/mol. The van der Waals surface area contributed by atoms with Crippen molar-refractivity contribution >= 4 is 43.5 Å². The van der Waals surface area contributed by atoms with Gasteiger partial charge in [0.05, 0.1) is 12.7 Å². The number of phosphoric ester groups is 1. The van der Waals surface area contributed by atoms with Crippen molar-refractivity contribution in [3.05, 3.63) is 131 Å². The molecule has 6 atom stereocenters. The predicted octanol–water partition coefficient (Wildman–Crippen LogP) is 5.60. The van der Waals surface area contributed by atoms with Crippen LogP contribution < -0.4 is 21.3 Å². The zero-order valence-electron chi connectivity index (χ0n) is 40.2. The predicted molar refractivity (Wildman–Crippen MR) is 261 cm³/mol. The van der Waals surface area contributed by atoms with Crippen molar-refractivity contribution in [1.29, 1.82) is 0 Å². The molecule has 1 saturated heterocycles. The van der Waals surface area contributed by atoms with Gasteiger partial charge >= 0.3 is 13.9 Å². The Hall–Kier alpha value is -6.39. The molecule has 2 aliphatic carbocycles. The number of carbonyl (C=O) groups excluding carboxylic acids is 6. The van der Waals surface area contributed by atoms with Gasteiger partial charge in [0.25, 0.3) is 0 Å². The number of rotatable bonds is 21. The van der Waals surface area contributed by atoms with Gasteiger partial charge in [-0.15, -0.1) is 0 Å². The second-order valence-electron chi connectivity index (χ2n) is 18.9. The molecule has 70 heavy (non-hydrogen) atoms. The molecule has 17 nitrogen and oxygen atoms in total. The molecule has 372 valence electrons.